The summed E-state index contributed by atoms with van der Waals surface area (Å²) in [5.41, 5.74) is 1.13. The highest BCUT2D eigenvalue weighted by Gasteiger charge is 2.04. The molecule has 0 fully saturated rings. The van der Waals surface area contributed by atoms with Crippen LogP contribution >= 0.6 is 0 Å². The van der Waals surface area contributed by atoms with Crippen molar-refractivity contribution < 1.29 is 14.6 Å². The predicted molar refractivity (Wildman–Crippen MR) is 72.2 cm³/mol. The standard InChI is InChI=1S/C14H23NO3/c1-11(5-4-6-16)15-10-12-7-13(17-2)9-14(8-12)18-3/h7-9,11,15-16H,4-6,10H2,1-3H3. The molecule has 0 aliphatic rings. The van der Waals surface area contributed by atoms with Crippen LogP contribution in [0.2, 0.25) is 0 Å². The number of methoxy groups -OCH3 is 2. The predicted octanol–water partition coefficient (Wildman–Crippen LogP) is 1.95. The Labute approximate surface area is 109 Å². The molecule has 4 nitrogen and oxygen atoms in total. The van der Waals surface area contributed by atoms with Gasteiger partial charge in [-0.3, -0.25) is 0 Å². The van der Waals surface area contributed by atoms with Gasteiger partial charge < -0.3 is 19.9 Å². The first-order valence-corrected chi connectivity index (χ1v) is 6.25. The number of hydrogen-bond donors (Lipinski definition) is 2. The van der Waals surface area contributed by atoms with E-state index in [1.807, 2.05) is 18.2 Å². The van der Waals surface area contributed by atoms with Gasteiger partial charge in [0.25, 0.3) is 0 Å². The Morgan fingerprint density at radius 1 is 1.17 bits per heavy atom. The van der Waals surface area contributed by atoms with Crippen molar-refractivity contribution in [1.29, 1.82) is 0 Å². The fourth-order valence-corrected chi connectivity index (χ4v) is 1.76. The van der Waals surface area contributed by atoms with E-state index in [9.17, 15) is 0 Å². The van der Waals surface area contributed by atoms with Crippen molar-refractivity contribution in [2.45, 2.75) is 32.4 Å². The van der Waals surface area contributed by atoms with E-state index in [0.29, 0.717) is 6.04 Å². The second-order valence-electron chi connectivity index (χ2n) is 4.37. The molecule has 0 saturated carbocycles. The number of aliphatic hydroxyl groups excluding tert-OH is 1. The van der Waals surface area contributed by atoms with Crippen LogP contribution in [0.5, 0.6) is 11.5 Å². The van der Waals surface area contributed by atoms with Crippen LogP contribution in [0.15, 0.2) is 18.2 Å². The summed E-state index contributed by atoms with van der Waals surface area (Å²) in [5.74, 6) is 1.60. The average molecular weight is 253 g/mol. The van der Waals surface area contributed by atoms with Gasteiger partial charge in [-0.2, -0.15) is 0 Å². The van der Waals surface area contributed by atoms with E-state index >= 15 is 0 Å². The fraction of sp³-hybridized carbons (Fsp3) is 0.571. The quantitative estimate of drug-likeness (QED) is 0.743. The van der Waals surface area contributed by atoms with Crippen molar-refractivity contribution in [3.05, 3.63) is 23.8 Å². The maximum Gasteiger partial charge on any atom is 0.122 e. The van der Waals surface area contributed by atoms with Gasteiger partial charge in [0, 0.05) is 25.3 Å². The topological polar surface area (TPSA) is 50.7 Å². The summed E-state index contributed by atoms with van der Waals surface area (Å²) in [6, 6.07) is 6.23. The molecule has 0 aromatic heterocycles. The lowest BCUT2D eigenvalue weighted by atomic mass is 10.1. The molecule has 1 atom stereocenters. The summed E-state index contributed by atoms with van der Waals surface area (Å²) in [4.78, 5) is 0. The molecule has 0 spiro atoms. The Bertz CT molecular complexity index is 333. The molecule has 0 bridgehead atoms. The SMILES string of the molecule is COc1cc(CNC(C)CCCO)cc(OC)c1. The van der Waals surface area contributed by atoms with E-state index in [-0.39, 0.29) is 6.61 Å². The van der Waals surface area contributed by atoms with Crippen molar-refractivity contribution in [2.24, 2.45) is 0 Å². The fourth-order valence-electron chi connectivity index (χ4n) is 1.76. The van der Waals surface area contributed by atoms with Crippen molar-refractivity contribution in [3.63, 3.8) is 0 Å². The molecule has 1 aromatic carbocycles. The molecule has 4 heteroatoms. The molecule has 1 aromatic rings. The van der Waals surface area contributed by atoms with Gasteiger partial charge in [0.1, 0.15) is 11.5 Å². The first-order chi connectivity index (χ1) is 8.69. The molecule has 18 heavy (non-hydrogen) atoms. The second-order valence-corrected chi connectivity index (χ2v) is 4.37. The van der Waals surface area contributed by atoms with Gasteiger partial charge >= 0.3 is 0 Å². The lowest BCUT2D eigenvalue weighted by Gasteiger charge is -2.14. The number of nitrogens with one attached hydrogen (secondary N) is 1. The second kappa shape index (κ2) is 7.95. The Morgan fingerprint density at radius 2 is 1.78 bits per heavy atom. The molecule has 1 unspecified atom stereocenters. The lowest BCUT2D eigenvalue weighted by molar-refractivity contribution is 0.276. The zero-order chi connectivity index (χ0) is 13.4. The monoisotopic (exact) mass is 253 g/mol. The van der Waals surface area contributed by atoms with Gasteiger partial charge in [-0.25, -0.2) is 0 Å². The third-order valence-corrected chi connectivity index (χ3v) is 2.86. The minimum Gasteiger partial charge on any atom is -0.497 e. The average Bonchev–Trinajstić information content (AvgIpc) is 2.42. The highest BCUT2D eigenvalue weighted by atomic mass is 16.5. The van der Waals surface area contributed by atoms with Gasteiger partial charge in [-0.05, 0) is 37.5 Å². The first kappa shape index (κ1) is 14.8. The van der Waals surface area contributed by atoms with E-state index in [1.165, 1.54) is 0 Å². The van der Waals surface area contributed by atoms with E-state index in [1.54, 1.807) is 14.2 Å². The minimum absolute atomic E-state index is 0.249. The zero-order valence-electron chi connectivity index (χ0n) is 11.4. The number of aliphatic hydroxyl groups is 1. The number of rotatable bonds is 8. The summed E-state index contributed by atoms with van der Waals surface area (Å²) in [6.45, 7) is 3.13. The van der Waals surface area contributed by atoms with Crippen molar-refractivity contribution in [2.75, 3.05) is 20.8 Å². The van der Waals surface area contributed by atoms with Crippen LogP contribution in [0, 0.1) is 0 Å². The summed E-state index contributed by atoms with van der Waals surface area (Å²) in [7, 11) is 3.30. The molecule has 1 rings (SSSR count). The van der Waals surface area contributed by atoms with Gasteiger partial charge in [0.15, 0.2) is 0 Å². The Hall–Kier alpha value is -1.26. The maximum atomic E-state index is 8.78. The molecular weight excluding hydrogens is 230 g/mol. The van der Waals surface area contributed by atoms with Crippen LogP contribution < -0.4 is 14.8 Å². The number of ether oxygens (including phenoxy) is 2. The number of benzene rings is 1. The van der Waals surface area contributed by atoms with Crippen molar-refractivity contribution in [3.8, 4) is 11.5 Å². The molecule has 0 aliphatic heterocycles. The van der Waals surface area contributed by atoms with E-state index in [0.717, 1.165) is 36.4 Å². The van der Waals surface area contributed by atoms with Crippen LogP contribution in [-0.4, -0.2) is 32.0 Å². The Kier molecular flexibility index (Phi) is 6.54. The zero-order valence-corrected chi connectivity index (χ0v) is 11.4. The Morgan fingerprint density at radius 3 is 2.28 bits per heavy atom. The van der Waals surface area contributed by atoms with Crippen LogP contribution in [0.1, 0.15) is 25.3 Å². The maximum absolute atomic E-state index is 8.78. The van der Waals surface area contributed by atoms with Crippen LogP contribution in [-0.2, 0) is 6.54 Å². The van der Waals surface area contributed by atoms with E-state index < -0.39 is 0 Å². The largest absolute Gasteiger partial charge is 0.497 e. The summed E-state index contributed by atoms with van der Waals surface area (Å²) in [5, 5.41) is 12.2. The summed E-state index contributed by atoms with van der Waals surface area (Å²) >= 11 is 0. The number of hydrogen-bond acceptors (Lipinski definition) is 4. The highest BCUT2D eigenvalue weighted by Crippen LogP contribution is 2.22. The summed E-state index contributed by atoms with van der Waals surface area (Å²) < 4.78 is 10.5. The van der Waals surface area contributed by atoms with Gasteiger partial charge in [-0.15, -0.1) is 0 Å². The highest BCUT2D eigenvalue weighted by molar-refractivity contribution is 5.38. The van der Waals surface area contributed by atoms with Gasteiger partial charge in [0.05, 0.1) is 14.2 Å². The molecule has 0 aliphatic carbocycles. The lowest BCUT2D eigenvalue weighted by Crippen LogP contribution is -2.25. The molecule has 2 N–H and O–H groups in total. The van der Waals surface area contributed by atoms with Crippen molar-refractivity contribution in [1.82, 2.24) is 5.32 Å². The normalized spacial score (nSPS) is 12.2. The van der Waals surface area contributed by atoms with Crippen LogP contribution in [0.3, 0.4) is 0 Å². The molecular formula is C14H23NO3. The third kappa shape index (κ3) is 4.94. The van der Waals surface area contributed by atoms with E-state index in [4.69, 9.17) is 14.6 Å². The third-order valence-electron chi connectivity index (χ3n) is 2.86. The molecule has 0 amide bonds. The smallest absolute Gasteiger partial charge is 0.122 e. The Balaban J connectivity index is 2.55. The molecule has 0 heterocycles. The van der Waals surface area contributed by atoms with Gasteiger partial charge in [-0.1, -0.05) is 0 Å². The van der Waals surface area contributed by atoms with Crippen LogP contribution in [0.4, 0.5) is 0 Å². The van der Waals surface area contributed by atoms with Gasteiger partial charge in [0.2, 0.25) is 0 Å². The minimum atomic E-state index is 0.249. The molecule has 102 valence electrons. The summed E-state index contributed by atoms with van der Waals surface area (Å²) in [6.07, 6.45) is 1.80. The van der Waals surface area contributed by atoms with Crippen molar-refractivity contribution >= 4 is 0 Å². The molecule has 0 radical (unpaired) electrons. The van der Waals surface area contributed by atoms with E-state index in [2.05, 4.69) is 12.2 Å². The molecule has 0 saturated heterocycles. The first-order valence-electron chi connectivity index (χ1n) is 6.25. The van der Waals surface area contributed by atoms with Crippen LogP contribution in [0.25, 0.3) is 0 Å².